The van der Waals surface area contributed by atoms with Gasteiger partial charge in [-0.05, 0) is 29.8 Å². The van der Waals surface area contributed by atoms with Gasteiger partial charge in [-0.1, -0.05) is 42.5 Å². The molecule has 0 aliphatic rings. The van der Waals surface area contributed by atoms with Gasteiger partial charge in [-0.3, -0.25) is 19.4 Å². The molecule has 0 aliphatic carbocycles. The molecule has 2 aromatic carbocycles. The quantitative estimate of drug-likeness (QED) is 0.447. The number of primary amides is 1. The lowest BCUT2D eigenvalue weighted by Gasteiger charge is -2.17. The van der Waals surface area contributed by atoms with E-state index in [4.69, 9.17) is 10.2 Å². The first-order chi connectivity index (χ1) is 15.0. The molecule has 0 bridgehead atoms. The number of ketones is 1. The number of para-hydroxylation sites is 2. The van der Waals surface area contributed by atoms with Crippen molar-refractivity contribution in [2.24, 2.45) is 5.73 Å². The van der Waals surface area contributed by atoms with Gasteiger partial charge in [0.05, 0.1) is 5.56 Å². The Bertz CT molecular complexity index is 1230. The van der Waals surface area contributed by atoms with Crippen LogP contribution in [-0.2, 0) is 16.0 Å². The summed E-state index contributed by atoms with van der Waals surface area (Å²) in [6.45, 7) is 0. The van der Waals surface area contributed by atoms with Crippen molar-refractivity contribution in [1.82, 2.24) is 15.3 Å². The summed E-state index contributed by atoms with van der Waals surface area (Å²) in [5.41, 5.74) is 7.52. The first kappa shape index (κ1) is 20.0. The third-order valence-electron chi connectivity index (χ3n) is 4.70. The zero-order valence-electron chi connectivity index (χ0n) is 16.3. The number of hydrogen-bond acceptors (Lipinski definition) is 6. The number of rotatable bonds is 7. The highest BCUT2D eigenvalue weighted by Crippen LogP contribution is 2.25. The highest BCUT2D eigenvalue weighted by Gasteiger charge is 2.27. The van der Waals surface area contributed by atoms with E-state index < -0.39 is 23.6 Å². The van der Waals surface area contributed by atoms with Crippen LogP contribution in [0.5, 0.6) is 0 Å². The maximum absolute atomic E-state index is 13.1. The number of fused-ring (bicyclic) bond motifs is 1. The second kappa shape index (κ2) is 8.58. The summed E-state index contributed by atoms with van der Waals surface area (Å²) < 4.78 is 5.74. The number of nitrogens with zero attached hydrogens (tertiary/aromatic N) is 2. The van der Waals surface area contributed by atoms with Gasteiger partial charge < -0.3 is 15.5 Å². The molecule has 8 nitrogen and oxygen atoms in total. The monoisotopic (exact) mass is 414 g/mol. The maximum atomic E-state index is 13.1. The zero-order chi connectivity index (χ0) is 21.8. The molecule has 0 saturated carbocycles. The van der Waals surface area contributed by atoms with Crippen molar-refractivity contribution in [3.05, 3.63) is 84.1 Å². The van der Waals surface area contributed by atoms with E-state index >= 15 is 0 Å². The summed E-state index contributed by atoms with van der Waals surface area (Å²) in [6, 6.07) is 18.2. The number of amides is 2. The Kier molecular flexibility index (Phi) is 5.53. The Balaban J connectivity index is 1.65. The van der Waals surface area contributed by atoms with Crippen LogP contribution >= 0.6 is 0 Å². The average Bonchev–Trinajstić information content (AvgIpc) is 3.23. The Morgan fingerprint density at radius 1 is 0.968 bits per heavy atom. The minimum Gasteiger partial charge on any atom is -0.435 e. The molecular weight excluding hydrogens is 396 g/mol. The number of nitrogens with two attached hydrogens (primary N) is 1. The normalized spacial score (nSPS) is 11.7. The van der Waals surface area contributed by atoms with Gasteiger partial charge in [0.25, 0.3) is 11.8 Å². The lowest BCUT2D eigenvalue weighted by molar-refractivity contribution is -0.137. The van der Waals surface area contributed by atoms with E-state index in [1.165, 1.54) is 6.20 Å². The van der Waals surface area contributed by atoms with Crippen molar-refractivity contribution in [3.63, 3.8) is 0 Å². The van der Waals surface area contributed by atoms with E-state index in [9.17, 15) is 14.4 Å². The number of oxazole rings is 1. The van der Waals surface area contributed by atoms with Crippen molar-refractivity contribution >= 4 is 28.7 Å². The summed E-state index contributed by atoms with van der Waals surface area (Å²) >= 11 is 0. The highest BCUT2D eigenvalue weighted by molar-refractivity contribution is 6.38. The fraction of sp³-hybridized carbons (Fsp3) is 0.0870. The van der Waals surface area contributed by atoms with Crippen LogP contribution in [0.4, 0.5) is 0 Å². The molecule has 0 spiro atoms. The Labute approximate surface area is 177 Å². The van der Waals surface area contributed by atoms with Crippen LogP contribution in [0.15, 0.2) is 77.3 Å². The fourth-order valence-electron chi connectivity index (χ4n) is 3.20. The molecule has 1 unspecified atom stereocenters. The molecule has 2 aromatic heterocycles. The molecule has 0 radical (unpaired) electrons. The van der Waals surface area contributed by atoms with Gasteiger partial charge in [-0.25, -0.2) is 4.98 Å². The molecule has 2 amide bonds. The number of carbonyl (C=O) groups excluding carboxylic acids is 3. The lowest BCUT2D eigenvalue weighted by atomic mass is 10.0. The number of pyridine rings is 1. The SMILES string of the molecule is NC(=O)C(=O)C(Cc1ccccc1)NC(=O)c1cccnc1-c1nc2ccccc2o1. The largest absolute Gasteiger partial charge is 0.435 e. The van der Waals surface area contributed by atoms with Crippen LogP contribution in [0.25, 0.3) is 22.7 Å². The highest BCUT2D eigenvalue weighted by atomic mass is 16.3. The summed E-state index contributed by atoms with van der Waals surface area (Å²) in [7, 11) is 0. The molecule has 1 atom stereocenters. The molecule has 3 N–H and O–H groups in total. The number of hydrogen-bond donors (Lipinski definition) is 2. The van der Waals surface area contributed by atoms with E-state index in [0.29, 0.717) is 11.1 Å². The van der Waals surface area contributed by atoms with E-state index in [-0.39, 0.29) is 23.6 Å². The lowest BCUT2D eigenvalue weighted by Crippen LogP contribution is -2.47. The number of nitrogens with one attached hydrogen (secondary N) is 1. The van der Waals surface area contributed by atoms with Gasteiger partial charge in [0.15, 0.2) is 5.58 Å². The molecule has 2 heterocycles. The minimum absolute atomic E-state index is 0.118. The Hall–Kier alpha value is -4.33. The Morgan fingerprint density at radius 3 is 2.45 bits per heavy atom. The molecular formula is C23H18N4O4. The molecule has 0 saturated heterocycles. The van der Waals surface area contributed by atoms with Crippen LogP contribution in [0.1, 0.15) is 15.9 Å². The van der Waals surface area contributed by atoms with Crippen molar-refractivity contribution in [2.45, 2.75) is 12.5 Å². The molecule has 154 valence electrons. The molecule has 0 fully saturated rings. The van der Waals surface area contributed by atoms with Gasteiger partial charge in [-0.15, -0.1) is 0 Å². The standard InChI is InChI=1S/C23H18N4O4/c24-21(29)20(28)17(13-14-7-2-1-3-8-14)26-22(30)15-9-6-12-25-19(15)23-27-16-10-4-5-11-18(16)31-23/h1-12,17H,13H2,(H2,24,29)(H,26,30). The second-order valence-corrected chi connectivity index (χ2v) is 6.83. The van der Waals surface area contributed by atoms with Crippen LogP contribution in [-0.4, -0.2) is 33.6 Å². The van der Waals surface area contributed by atoms with Crippen LogP contribution in [0.2, 0.25) is 0 Å². The summed E-state index contributed by atoms with van der Waals surface area (Å²) in [5.74, 6) is -2.43. The molecule has 4 rings (SSSR count). The number of aromatic nitrogens is 2. The number of carbonyl (C=O) groups is 3. The molecule has 31 heavy (non-hydrogen) atoms. The zero-order valence-corrected chi connectivity index (χ0v) is 16.3. The van der Waals surface area contributed by atoms with Crippen LogP contribution < -0.4 is 11.1 Å². The fourth-order valence-corrected chi connectivity index (χ4v) is 3.20. The van der Waals surface area contributed by atoms with E-state index in [1.54, 1.807) is 48.5 Å². The van der Waals surface area contributed by atoms with E-state index in [2.05, 4.69) is 15.3 Å². The predicted octanol–water partition coefficient (Wildman–Crippen LogP) is 2.29. The van der Waals surface area contributed by atoms with Crippen molar-refractivity contribution < 1.29 is 18.8 Å². The van der Waals surface area contributed by atoms with Crippen molar-refractivity contribution in [2.75, 3.05) is 0 Å². The average molecular weight is 414 g/mol. The summed E-state index contributed by atoms with van der Waals surface area (Å²) in [6.07, 6.45) is 1.63. The minimum atomic E-state index is -1.12. The number of benzene rings is 2. The summed E-state index contributed by atoms with van der Waals surface area (Å²) in [4.78, 5) is 45.6. The molecule has 0 aliphatic heterocycles. The second-order valence-electron chi connectivity index (χ2n) is 6.83. The van der Waals surface area contributed by atoms with Crippen LogP contribution in [0.3, 0.4) is 0 Å². The van der Waals surface area contributed by atoms with Gasteiger partial charge in [0, 0.05) is 12.6 Å². The first-order valence-corrected chi connectivity index (χ1v) is 9.52. The van der Waals surface area contributed by atoms with Gasteiger partial charge in [-0.2, -0.15) is 0 Å². The predicted molar refractivity (Wildman–Crippen MR) is 113 cm³/mol. The topological polar surface area (TPSA) is 128 Å². The maximum Gasteiger partial charge on any atom is 0.287 e. The van der Waals surface area contributed by atoms with Crippen molar-refractivity contribution in [1.29, 1.82) is 0 Å². The third kappa shape index (κ3) is 4.32. The Morgan fingerprint density at radius 2 is 1.71 bits per heavy atom. The van der Waals surface area contributed by atoms with E-state index in [1.807, 2.05) is 18.2 Å². The summed E-state index contributed by atoms with van der Waals surface area (Å²) in [5, 5.41) is 2.61. The third-order valence-corrected chi connectivity index (χ3v) is 4.70. The van der Waals surface area contributed by atoms with Crippen LogP contribution in [0, 0.1) is 0 Å². The van der Waals surface area contributed by atoms with Gasteiger partial charge in [0.1, 0.15) is 17.3 Å². The molecule has 8 heteroatoms. The van der Waals surface area contributed by atoms with E-state index in [0.717, 1.165) is 5.56 Å². The van der Waals surface area contributed by atoms with Gasteiger partial charge in [0.2, 0.25) is 11.7 Å². The van der Waals surface area contributed by atoms with Gasteiger partial charge >= 0.3 is 0 Å². The molecule has 4 aromatic rings. The van der Waals surface area contributed by atoms with Crippen molar-refractivity contribution in [3.8, 4) is 11.6 Å². The smallest absolute Gasteiger partial charge is 0.287 e. The first-order valence-electron chi connectivity index (χ1n) is 9.52. The number of Topliss-reactive ketones (excluding diaryl/α,β-unsaturated/α-hetero) is 1.